The first-order valence-corrected chi connectivity index (χ1v) is 10.7. The molecular formula is C17H28N4O3S. The zero-order valence-electron chi connectivity index (χ0n) is 15.1. The summed E-state index contributed by atoms with van der Waals surface area (Å²) in [6.07, 6.45) is 3.93. The number of morpholine rings is 1. The summed E-state index contributed by atoms with van der Waals surface area (Å²) >= 11 is 0. The van der Waals surface area contributed by atoms with Gasteiger partial charge in [-0.2, -0.15) is 9.40 Å². The summed E-state index contributed by atoms with van der Waals surface area (Å²) in [6, 6.07) is 1.98. The van der Waals surface area contributed by atoms with Gasteiger partial charge in [0.2, 0.25) is 0 Å². The lowest BCUT2D eigenvalue weighted by Crippen LogP contribution is -2.49. The van der Waals surface area contributed by atoms with Crippen LogP contribution in [0.4, 0.5) is 0 Å². The minimum Gasteiger partial charge on any atom is -0.379 e. The lowest BCUT2D eigenvalue weighted by molar-refractivity contribution is 0.0235. The number of hydrogen-bond donors (Lipinski definition) is 0. The minimum atomic E-state index is -3.46. The smallest absolute Gasteiger partial charge is 0.260 e. The second-order valence-corrected chi connectivity index (χ2v) is 9.51. The van der Waals surface area contributed by atoms with E-state index in [1.54, 1.807) is 17.4 Å². The van der Waals surface area contributed by atoms with E-state index in [1.165, 1.54) is 4.68 Å². The number of aryl methyl sites for hydroxylation is 2. The van der Waals surface area contributed by atoms with Gasteiger partial charge in [0.05, 0.1) is 18.9 Å². The molecule has 0 saturated carbocycles. The highest BCUT2D eigenvalue weighted by Gasteiger charge is 2.48. The summed E-state index contributed by atoms with van der Waals surface area (Å²) in [5.74, 6) is 0.593. The Morgan fingerprint density at radius 1 is 1.20 bits per heavy atom. The maximum atomic E-state index is 13.2. The molecule has 1 aromatic heterocycles. The van der Waals surface area contributed by atoms with E-state index >= 15 is 0 Å². The van der Waals surface area contributed by atoms with Crippen LogP contribution >= 0.6 is 0 Å². The van der Waals surface area contributed by atoms with Crippen molar-refractivity contribution in [3.05, 3.63) is 11.8 Å². The first-order chi connectivity index (χ1) is 11.9. The van der Waals surface area contributed by atoms with Crippen molar-refractivity contribution in [2.45, 2.75) is 49.7 Å². The van der Waals surface area contributed by atoms with Gasteiger partial charge in [0.15, 0.2) is 5.03 Å². The van der Waals surface area contributed by atoms with Gasteiger partial charge in [-0.05, 0) is 44.6 Å². The molecular weight excluding hydrogens is 340 g/mol. The standard InChI is InChI=1S/C17H28N4O3S/c1-13-9-17(19(2)18-13)25(22,23)21-15-3-4-16(21)11-14(10-15)12-20-5-7-24-8-6-20/h9,14-16H,3-8,10-12H2,1-2H3/t14-,15-,16+. The minimum absolute atomic E-state index is 0.144. The topological polar surface area (TPSA) is 67.7 Å². The van der Waals surface area contributed by atoms with Crippen LogP contribution < -0.4 is 0 Å². The summed E-state index contributed by atoms with van der Waals surface area (Å²) in [6.45, 7) is 6.56. The molecule has 1 aromatic rings. The van der Waals surface area contributed by atoms with Crippen LogP contribution in [0.5, 0.6) is 0 Å². The highest BCUT2D eigenvalue weighted by molar-refractivity contribution is 7.89. The van der Waals surface area contributed by atoms with Gasteiger partial charge in [-0.25, -0.2) is 8.42 Å². The number of ether oxygens (including phenoxy) is 1. The zero-order valence-corrected chi connectivity index (χ0v) is 15.9. The monoisotopic (exact) mass is 368 g/mol. The molecule has 7 nitrogen and oxygen atoms in total. The molecule has 0 N–H and O–H groups in total. The molecule has 2 bridgehead atoms. The third-order valence-corrected chi connectivity index (χ3v) is 7.95. The molecule has 3 aliphatic heterocycles. The predicted molar refractivity (Wildman–Crippen MR) is 93.8 cm³/mol. The van der Waals surface area contributed by atoms with Gasteiger partial charge in [-0.1, -0.05) is 0 Å². The van der Waals surface area contributed by atoms with Gasteiger partial charge in [-0.3, -0.25) is 9.58 Å². The molecule has 4 rings (SSSR count). The van der Waals surface area contributed by atoms with Gasteiger partial charge in [0.1, 0.15) is 0 Å². The fraction of sp³-hybridized carbons (Fsp3) is 0.824. The largest absolute Gasteiger partial charge is 0.379 e. The van der Waals surface area contributed by atoms with Crippen LogP contribution in [0.3, 0.4) is 0 Å². The van der Waals surface area contributed by atoms with Crippen LogP contribution in [0, 0.1) is 12.8 Å². The Bertz CT molecular complexity index is 712. The van der Waals surface area contributed by atoms with Crippen LogP contribution in [0.15, 0.2) is 11.1 Å². The average Bonchev–Trinajstić information content (AvgIpc) is 3.06. The van der Waals surface area contributed by atoms with Crippen LogP contribution in [0.25, 0.3) is 0 Å². The van der Waals surface area contributed by atoms with Crippen LogP contribution in [0.2, 0.25) is 0 Å². The van der Waals surface area contributed by atoms with Gasteiger partial charge in [0.25, 0.3) is 10.0 Å². The van der Waals surface area contributed by atoms with Crippen LogP contribution in [0.1, 0.15) is 31.4 Å². The van der Waals surface area contributed by atoms with Crippen LogP contribution in [-0.2, 0) is 21.8 Å². The molecule has 0 spiro atoms. The Morgan fingerprint density at radius 2 is 1.84 bits per heavy atom. The Labute approximate surface area is 150 Å². The molecule has 3 aliphatic rings. The molecule has 25 heavy (non-hydrogen) atoms. The second-order valence-electron chi connectivity index (χ2n) is 7.72. The number of nitrogens with zero attached hydrogens (tertiary/aromatic N) is 4. The molecule has 0 aromatic carbocycles. The molecule has 8 heteroatoms. The molecule has 0 unspecified atom stereocenters. The van der Waals surface area contributed by atoms with Crippen molar-refractivity contribution in [2.24, 2.45) is 13.0 Å². The fourth-order valence-corrected chi connectivity index (χ4v) is 6.95. The van der Waals surface area contributed by atoms with E-state index in [2.05, 4.69) is 10.00 Å². The van der Waals surface area contributed by atoms with E-state index in [0.717, 1.165) is 64.2 Å². The van der Waals surface area contributed by atoms with Gasteiger partial charge in [-0.15, -0.1) is 0 Å². The maximum Gasteiger partial charge on any atom is 0.260 e. The van der Waals surface area contributed by atoms with E-state index in [-0.39, 0.29) is 12.1 Å². The summed E-state index contributed by atoms with van der Waals surface area (Å²) in [5, 5.41) is 4.55. The molecule has 3 fully saturated rings. The Hall–Kier alpha value is -0.960. The number of sulfonamides is 1. The average molecular weight is 369 g/mol. The number of hydrogen-bond acceptors (Lipinski definition) is 5. The molecule has 140 valence electrons. The highest BCUT2D eigenvalue weighted by atomic mass is 32.2. The molecule has 0 aliphatic carbocycles. The van der Waals surface area contributed by atoms with E-state index in [0.29, 0.717) is 10.9 Å². The molecule has 3 saturated heterocycles. The predicted octanol–water partition coefficient (Wildman–Crippen LogP) is 0.992. The number of piperidine rings is 1. The summed E-state index contributed by atoms with van der Waals surface area (Å²) < 4.78 is 35.2. The zero-order chi connectivity index (χ0) is 17.6. The first kappa shape index (κ1) is 17.5. The van der Waals surface area contributed by atoms with E-state index < -0.39 is 10.0 Å². The normalized spacial score (nSPS) is 31.5. The van der Waals surface area contributed by atoms with Crippen molar-refractivity contribution < 1.29 is 13.2 Å². The fourth-order valence-electron chi connectivity index (χ4n) is 4.87. The van der Waals surface area contributed by atoms with Gasteiger partial charge >= 0.3 is 0 Å². The number of rotatable bonds is 4. The van der Waals surface area contributed by atoms with Crippen molar-refractivity contribution in [1.82, 2.24) is 19.0 Å². The van der Waals surface area contributed by atoms with Crippen molar-refractivity contribution in [3.63, 3.8) is 0 Å². The lowest BCUT2D eigenvalue weighted by Gasteiger charge is -2.40. The number of fused-ring (bicyclic) bond motifs is 2. The Balaban J connectivity index is 1.49. The molecule has 0 radical (unpaired) electrons. The third kappa shape index (κ3) is 3.25. The lowest BCUT2D eigenvalue weighted by atomic mass is 9.92. The SMILES string of the molecule is Cc1cc(S(=O)(=O)N2[C@@H]3CC[C@H]2C[C@H](CN2CCOCC2)C3)n(C)n1. The van der Waals surface area contributed by atoms with E-state index in [9.17, 15) is 8.42 Å². The Kier molecular flexibility index (Phi) is 4.64. The van der Waals surface area contributed by atoms with Crippen molar-refractivity contribution in [2.75, 3.05) is 32.8 Å². The number of aromatic nitrogens is 2. The third-order valence-electron chi connectivity index (χ3n) is 5.88. The summed E-state index contributed by atoms with van der Waals surface area (Å²) in [4.78, 5) is 2.47. The summed E-state index contributed by atoms with van der Waals surface area (Å²) in [5.41, 5.74) is 0.746. The second kappa shape index (κ2) is 6.64. The van der Waals surface area contributed by atoms with Crippen LogP contribution in [-0.4, -0.2) is 72.3 Å². The molecule has 4 heterocycles. The quantitative estimate of drug-likeness (QED) is 0.793. The molecule has 0 amide bonds. The van der Waals surface area contributed by atoms with Crippen molar-refractivity contribution in [3.8, 4) is 0 Å². The van der Waals surface area contributed by atoms with Crippen molar-refractivity contribution in [1.29, 1.82) is 0 Å². The molecule has 3 atom stereocenters. The van der Waals surface area contributed by atoms with Crippen molar-refractivity contribution >= 4 is 10.0 Å². The van der Waals surface area contributed by atoms with Gasteiger partial charge < -0.3 is 4.74 Å². The first-order valence-electron chi connectivity index (χ1n) is 9.29. The highest BCUT2D eigenvalue weighted by Crippen LogP contribution is 2.42. The van der Waals surface area contributed by atoms with E-state index in [1.807, 2.05) is 6.92 Å². The Morgan fingerprint density at radius 3 is 2.40 bits per heavy atom. The van der Waals surface area contributed by atoms with Gasteiger partial charge in [0, 0.05) is 38.8 Å². The maximum absolute atomic E-state index is 13.2. The van der Waals surface area contributed by atoms with E-state index in [4.69, 9.17) is 4.74 Å². The summed E-state index contributed by atoms with van der Waals surface area (Å²) in [7, 11) is -1.75.